The van der Waals surface area contributed by atoms with Crippen molar-refractivity contribution in [2.45, 2.75) is 20.0 Å². The van der Waals surface area contributed by atoms with Crippen LogP contribution in [0.15, 0.2) is 18.2 Å². The molecule has 0 aromatic heterocycles. The molecule has 1 heterocycles. The Labute approximate surface area is 115 Å². The lowest BCUT2D eigenvalue weighted by atomic mass is 10.0. The summed E-state index contributed by atoms with van der Waals surface area (Å²) in [6.07, 6.45) is -4.65. The van der Waals surface area contributed by atoms with Gasteiger partial charge in [-0.2, -0.15) is 13.2 Å². The Hall–Kier alpha value is -1.72. The van der Waals surface area contributed by atoms with Gasteiger partial charge in [0.2, 0.25) is 0 Å². The predicted octanol–water partition coefficient (Wildman–Crippen LogP) is 3.50. The maximum atomic E-state index is 12.8. The Kier molecular flexibility index (Phi) is 3.67. The number of benzene rings is 1. The van der Waals surface area contributed by atoms with Crippen LogP contribution in [-0.4, -0.2) is 24.2 Å². The molecule has 0 aliphatic carbocycles. The van der Waals surface area contributed by atoms with Gasteiger partial charge in [-0.3, -0.25) is 0 Å². The average molecular weight is 287 g/mol. The first-order valence-corrected chi connectivity index (χ1v) is 6.39. The zero-order valence-electron chi connectivity index (χ0n) is 11.2. The molecular formula is C14H16F3NO2. The summed E-state index contributed by atoms with van der Waals surface area (Å²) in [5, 5.41) is 8.98. The number of carbonyl (C=O) groups is 1. The fourth-order valence-electron chi connectivity index (χ4n) is 2.49. The largest absolute Gasteiger partial charge is 0.478 e. The van der Waals surface area contributed by atoms with E-state index in [1.165, 1.54) is 6.07 Å². The van der Waals surface area contributed by atoms with Gasteiger partial charge in [0.15, 0.2) is 0 Å². The number of alkyl halides is 3. The molecule has 1 saturated heterocycles. The molecule has 20 heavy (non-hydrogen) atoms. The van der Waals surface area contributed by atoms with Gasteiger partial charge in [-0.1, -0.05) is 13.8 Å². The lowest BCUT2D eigenvalue weighted by molar-refractivity contribution is -0.138. The molecule has 1 aromatic rings. The van der Waals surface area contributed by atoms with Crippen molar-refractivity contribution in [3.05, 3.63) is 29.3 Å². The summed E-state index contributed by atoms with van der Waals surface area (Å²) < 4.78 is 38.3. The number of aromatic carboxylic acids is 1. The lowest BCUT2D eigenvalue weighted by Crippen LogP contribution is -2.21. The van der Waals surface area contributed by atoms with Crippen molar-refractivity contribution in [3.8, 4) is 0 Å². The summed E-state index contributed by atoms with van der Waals surface area (Å²) in [7, 11) is 0. The lowest BCUT2D eigenvalue weighted by Gasteiger charge is -2.20. The molecule has 1 aliphatic heterocycles. The van der Waals surface area contributed by atoms with Crippen molar-refractivity contribution < 1.29 is 23.1 Å². The molecule has 110 valence electrons. The molecule has 1 aliphatic rings. The van der Waals surface area contributed by atoms with Crippen molar-refractivity contribution in [3.63, 3.8) is 0 Å². The average Bonchev–Trinajstić information content (AvgIpc) is 2.67. The van der Waals surface area contributed by atoms with Gasteiger partial charge in [-0.15, -0.1) is 0 Å². The van der Waals surface area contributed by atoms with Crippen LogP contribution in [0.2, 0.25) is 0 Å². The van der Waals surface area contributed by atoms with Crippen LogP contribution in [-0.2, 0) is 6.18 Å². The summed E-state index contributed by atoms with van der Waals surface area (Å²) in [5.41, 5.74) is -1.26. The highest BCUT2D eigenvalue weighted by atomic mass is 19.4. The minimum atomic E-state index is -4.65. The fraction of sp³-hybridized carbons (Fsp3) is 0.500. The fourth-order valence-corrected chi connectivity index (χ4v) is 2.49. The normalized spacial score (nSPS) is 23.1. The molecule has 0 saturated carbocycles. The van der Waals surface area contributed by atoms with Gasteiger partial charge < -0.3 is 10.0 Å². The Bertz CT molecular complexity index is 518. The van der Waals surface area contributed by atoms with Crippen molar-refractivity contribution in [2.24, 2.45) is 11.8 Å². The molecule has 1 N–H and O–H groups in total. The minimum absolute atomic E-state index is 0.436. The van der Waals surface area contributed by atoms with Gasteiger partial charge in [0.25, 0.3) is 0 Å². The number of hydrogen-bond donors (Lipinski definition) is 1. The van der Waals surface area contributed by atoms with Gasteiger partial charge in [0.1, 0.15) is 0 Å². The number of hydrogen-bond acceptors (Lipinski definition) is 2. The summed E-state index contributed by atoms with van der Waals surface area (Å²) in [5.74, 6) is -0.685. The SMILES string of the molecule is CC1CN(c2ccc(C(F)(F)F)c(C(=O)O)c2)CC1C. The van der Waals surface area contributed by atoms with Crippen molar-refractivity contribution in [1.82, 2.24) is 0 Å². The van der Waals surface area contributed by atoms with Gasteiger partial charge in [0.05, 0.1) is 11.1 Å². The summed E-state index contributed by atoms with van der Waals surface area (Å²) >= 11 is 0. The number of nitrogens with zero attached hydrogens (tertiary/aromatic N) is 1. The van der Waals surface area contributed by atoms with E-state index < -0.39 is 23.3 Å². The Morgan fingerprint density at radius 2 is 1.80 bits per heavy atom. The van der Waals surface area contributed by atoms with E-state index in [2.05, 4.69) is 13.8 Å². The molecule has 2 unspecified atom stereocenters. The van der Waals surface area contributed by atoms with E-state index in [1.807, 2.05) is 4.90 Å². The van der Waals surface area contributed by atoms with E-state index in [0.29, 0.717) is 17.5 Å². The first kappa shape index (κ1) is 14.7. The first-order chi connectivity index (χ1) is 9.20. The highest BCUT2D eigenvalue weighted by Gasteiger charge is 2.36. The van der Waals surface area contributed by atoms with E-state index in [0.717, 1.165) is 25.2 Å². The molecule has 3 nitrogen and oxygen atoms in total. The van der Waals surface area contributed by atoms with Crippen LogP contribution in [0.1, 0.15) is 29.8 Å². The topological polar surface area (TPSA) is 40.5 Å². The number of anilines is 1. The second kappa shape index (κ2) is 5.00. The highest BCUT2D eigenvalue weighted by Crippen LogP contribution is 2.35. The van der Waals surface area contributed by atoms with Crippen molar-refractivity contribution >= 4 is 11.7 Å². The molecule has 0 amide bonds. The van der Waals surface area contributed by atoms with Crippen LogP contribution in [0.5, 0.6) is 0 Å². The van der Waals surface area contributed by atoms with Crippen molar-refractivity contribution in [2.75, 3.05) is 18.0 Å². The summed E-state index contributed by atoms with van der Waals surface area (Å²) in [6, 6.07) is 3.32. The monoisotopic (exact) mass is 287 g/mol. The Morgan fingerprint density at radius 3 is 2.25 bits per heavy atom. The third kappa shape index (κ3) is 2.73. The van der Waals surface area contributed by atoms with E-state index in [1.54, 1.807) is 0 Å². The van der Waals surface area contributed by atoms with Gasteiger partial charge in [-0.25, -0.2) is 4.79 Å². The molecule has 0 radical (unpaired) electrons. The van der Waals surface area contributed by atoms with E-state index in [9.17, 15) is 18.0 Å². The highest BCUT2D eigenvalue weighted by molar-refractivity contribution is 5.91. The van der Waals surface area contributed by atoms with Crippen LogP contribution in [0.3, 0.4) is 0 Å². The van der Waals surface area contributed by atoms with Gasteiger partial charge in [0, 0.05) is 18.8 Å². The predicted molar refractivity (Wildman–Crippen MR) is 68.9 cm³/mol. The maximum Gasteiger partial charge on any atom is 0.417 e. The molecule has 0 spiro atoms. The molecule has 1 fully saturated rings. The zero-order valence-corrected chi connectivity index (χ0v) is 11.2. The van der Waals surface area contributed by atoms with Crippen LogP contribution in [0, 0.1) is 11.8 Å². The number of carboxylic acid groups (broad SMARTS) is 1. The van der Waals surface area contributed by atoms with Crippen LogP contribution in [0.25, 0.3) is 0 Å². The molecule has 2 rings (SSSR count). The third-order valence-corrected chi connectivity index (χ3v) is 3.89. The van der Waals surface area contributed by atoms with E-state index >= 15 is 0 Å². The number of carboxylic acids is 1. The quantitative estimate of drug-likeness (QED) is 0.905. The second-order valence-corrected chi connectivity index (χ2v) is 5.39. The second-order valence-electron chi connectivity index (χ2n) is 5.39. The van der Waals surface area contributed by atoms with E-state index in [4.69, 9.17) is 5.11 Å². The van der Waals surface area contributed by atoms with Crippen molar-refractivity contribution in [1.29, 1.82) is 0 Å². The standard InChI is InChI=1S/C14H16F3NO2/c1-8-6-18(7-9(8)2)10-3-4-12(14(15,16)17)11(5-10)13(19)20/h3-5,8-9H,6-7H2,1-2H3,(H,19,20). The molecule has 0 bridgehead atoms. The minimum Gasteiger partial charge on any atom is -0.478 e. The van der Waals surface area contributed by atoms with E-state index in [-0.39, 0.29) is 0 Å². The smallest absolute Gasteiger partial charge is 0.417 e. The van der Waals surface area contributed by atoms with Gasteiger partial charge in [-0.05, 0) is 30.0 Å². The van der Waals surface area contributed by atoms with Crippen LogP contribution in [0.4, 0.5) is 18.9 Å². The summed E-state index contributed by atoms with van der Waals surface area (Å²) in [6.45, 7) is 5.61. The third-order valence-electron chi connectivity index (χ3n) is 3.89. The molecule has 1 aromatic carbocycles. The number of halogens is 3. The molecule has 2 atom stereocenters. The molecule has 6 heteroatoms. The Balaban J connectivity index is 2.39. The Morgan fingerprint density at radius 1 is 1.25 bits per heavy atom. The van der Waals surface area contributed by atoms with Crippen LogP contribution >= 0.6 is 0 Å². The summed E-state index contributed by atoms with van der Waals surface area (Å²) in [4.78, 5) is 13.0. The maximum absolute atomic E-state index is 12.8. The number of rotatable bonds is 2. The molecular weight excluding hydrogens is 271 g/mol. The van der Waals surface area contributed by atoms with Crippen LogP contribution < -0.4 is 4.90 Å². The van der Waals surface area contributed by atoms with Gasteiger partial charge >= 0.3 is 12.1 Å². The first-order valence-electron chi connectivity index (χ1n) is 6.39. The zero-order chi connectivity index (χ0) is 15.1.